The summed E-state index contributed by atoms with van der Waals surface area (Å²) in [6, 6.07) is 6.15. The van der Waals surface area contributed by atoms with Crippen LogP contribution >= 0.6 is 0 Å². The number of aliphatic carboxylic acids is 1. The first-order valence-corrected chi connectivity index (χ1v) is 9.13. The Hall–Kier alpha value is -2.82. The number of carboxylic acid groups (broad SMARTS) is 1. The first kappa shape index (κ1) is 20.5. The average molecular weight is 404 g/mol. The highest BCUT2D eigenvalue weighted by Crippen LogP contribution is 2.29. The van der Waals surface area contributed by atoms with E-state index in [1.54, 1.807) is 0 Å². The number of hydrogen-bond acceptors (Lipinski definition) is 4. The molecule has 0 spiro atoms. The molecule has 0 aliphatic carbocycles. The van der Waals surface area contributed by atoms with Gasteiger partial charge in [0.05, 0.1) is 11.3 Å². The second kappa shape index (κ2) is 7.43. The number of carbonyl (C=O) groups is 1. The number of hydrogen-bond donors (Lipinski definition) is 2. The maximum atomic E-state index is 12.5. The standard InChI is InChI=1S/C16H15F3N2O5S/c1-10-2-7-13(15(24)21(10)8-14(22)23)20-27(25,26)9-11-3-5-12(6-4-11)16(17,18)19/h2-7,20H,8-9H2,1H3,(H,22,23). The molecule has 11 heteroatoms. The van der Waals surface area contributed by atoms with E-state index in [1.165, 1.54) is 19.1 Å². The molecule has 2 aromatic rings. The lowest BCUT2D eigenvalue weighted by molar-refractivity contribution is -0.138. The summed E-state index contributed by atoms with van der Waals surface area (Å²) in [5.41, 5.74) is -1.68. The molecule has 0 atom stereocenters. The van der Waals surface area contributed by atoms with Crippen molar-refractivity contribution in [2.24, 2.45) is 0 Å². The summed E-state index contributed by atoms with van der Waals surface area (Å²) in [5.74, 6) is -1.93. The molecule has 0 bridgehead atoms. The van der Waals surface area contributed by atoms with Gasteiger partial charge in [0.1, 0.15) is 12.2 Å². The van der Waals surface area contributed by atoms with Gasteiger partial charge in [-0.3, -0.25) is 18.9 Å². The molecular formula is C16H15F3N2O5S. The molecule has 1 heterocycles. The molecule has 0 aliphatic heterocycles. The van der Waals surface area contributed by atoms with Crippen molar-refractivity contribution in [1.29, 1.82) is 0 Å². The van der Waals surface area contributed by atoms with E-state index >= 15 is 0 Å². The molecule has 1 aromatic heterocycles. The molecule has 0 amide bonds. The van der Waals surface area contributed by atoms with Crippen LogP contribution in [0, 0.1) is 6.92 Å². The van der Waals surface area contributed by atoms with Gasteiger partial charge in [0, 0.05) is 5.69 Å². The highest BCUT2D eigenvalue weighted by molar-refractivity contribution is 7.91. The van der Waals surface area contributed by atoms with E-state index in [0.717, 1.165) is 28.8 Å². The number of alkyl halides is 3. The Morgan fingerprint density at radius 2 is 1.74 bits per heavy atom. The fraction of sp³-hybridized carbons (Fsp3) is 0.250. The number of anilines is 1. The van der Waals surface area contributed by atoms with E-state index in [2.05, 4.69) is 0 Å². The van der Waals surface area contributed by atoms with Gasteiger partial charge in [-0.05, 0) is 36.8 Å². The molecule has 0 saturated heterocycles. The second-order valence-electron chi connectivity index (χ2n) is 5.73. The summed E-state index contributed by atoms with van der Waals surface area (Å²) in [4.78, 5) is 23.1. The molecule has 146 valence electrons. The number of carboxylic acids is 1. The van der Waals surface area contributed by atoms with Gasteiger partial charge >= 0.3 is 12.1 Å². The van der Waals surface area contributed by atoms with Crippen LogP contribution < -0.4 is 10.3 Å². The lowest BCUT2D eigenvalue weighted by atomic mass is 10.1. The normalized spacial score (nSPS) is 12.0. The zero-order chi connectivity index (χ0) is 20.4. The van der Waals surface area contributed by atoms with Gasteiger partial charge in [-0.25, -0.2) is 8.42 Å². The number of halogens is 3. The van der Waals surface area contributed by atoms with Crippen molar-refractivity contribution in [3.8, 4) is 0 Å². The van der Waals surface area contributed by atoms with Gasteiger partial charge in [-0.15, -0.1) is 0 Å². The van der Waals surface area contributed by atoms with Crippen LogP contribution in [0.1, 0.15) is 16.8 Å². The summed E-state index contributed by atoms with van der Waals surface area (Å²) >= 11 is 0. The monoisotopic (exact) mass is 404 g/mol. The molecule has 0 aliphatic rings. The lowest BCUT2D eigenvalue weighted by Gasteiger charge is -2.12. The molecule has 0 unspecified atom stereocenters. The summed E-state index contributed by atoms with van der Waals surface area (Å²) in [6.07, 6.45) is -4.53. The number of aryl methyl sites for hydroxylation is 1. The van der Waals surface area contributed by atoms with Gasteiger partial charge in [0.15, 0.2) is 0 Å². The third-order valence-electron chi connectivity index (χ3n) is 3.59. The van der Waals surface area contributed by atoms with Crippen molar-refractivity contribution < 1.29 is 31.5 Å². The first-order chi connectivity index (χ1) is 12.4. The van der Waals surface area contributed by atoms with Gasteiger partial charge in [-0.1, -0.05) is 12.1 Å². The van der Waals surface area contributed by atoms with Crippen LogP contribution in [0.4, 0.5) is 18.9 Å². The highest BCUT2D eigenvalue weighted by atomic mass is 32.2. The minimum Gasteiger partial charge on any atom is -0.480 e. The zero-order valence-electron chi connectivity index (χ0n) is 13.9. The van der Waals surface area contributed by atoms with E-state index in [0.29, 0.717) is 5.69 Å². The smallest absolute Gasteiger partial charge is 0.416 e. The van der Waals surface area contributed by atoms with E-state index in [1.807, 2.05) is 4.72 Å². The second-order valence-corrected chi connectivity index (χ2v) is 7.45. The lowest BCUT2D eigenvalue weighted by Crippen LogP contribution is -2.30. The summed E-state index contributed by atoms with van der Waals surface area (Å²) in [7, 11) is -4.11. The molecule has 0 radical (unpaired) electrons. The van der Waals surface area contributed by atoms with Gasteiger partial charge in [-0.2, -0.15) is 13.2 Å². The first-order valence-electron chi connectivity index (χ1n) is 7.48. The number of benzene rings is 1. The van der Waals surface area contributed by atoms with Crippen LogP contribution in [0.5, 0.6) is 0 Å². The minimum absolute atomic E-state index is 0.0912. The quantitative estimate of drug-likeness (QED) is 0.768. The van der Waals surface area contributed by atoms with E-state index < -0.39 is 45.6 Å². The van der Waals surface area contributed by atoms with Crippen LogP contribution in [-0.4, -0.2) is 24.1 Å². The predicted octanol–water partition coefficient (Wildman–Crippen LogP) is 2.20. The van der Waals surface area contributed by atoms with Crippen molar-refractivity contribution in [2.75, 3.05) is 4.72 Å². The Balaban J connectivity index is 2.24. The van der Waals surface area contributed by atoms with Crippen molar-refractivity contribution in [3.63, 3.8) is 0 Å². The number of pyridine rings is 1. The van der Waals surface area contributed by atoms with E-state index in [9.17, 15) is 31.2 Å². The Bertz CT molecular complexity index is 1010. The molecule has 7 nitrogen and oxygen atoms in total. The van der Waals surface area contributed by atoms with Crippen LogP contribution in [0.3, 0.4) is 0 Å². The Morgan fingerprint density at radius 3 is 2.26 bits per heavy atom. The van der Waals surface area contributed by atoms with Crippen LogP contribution in [0.15, 0.2) is 41.2 Å². The van der Waals surface area contributed by atoms with Crippen molar-refractivity contribution in [3.05, 3.63) is 63.6 Å². The number of nitrogens with one attached hydrogen (secondary N) is 1. The third kappa shape index (κ3) is 5.33. The Labute approximate surface area is 152 Å². The largest absolute Gasteiger partial charge is 0.480 e. The minimum atomic E-state index is -4.53. The van der Waals surface area contributed by atoms with Gasteiger partial charge < -0.3 is 5.11 Å². The average Bonchev–Trinajstić information content (AvgIpc) is 2.53. The third-order valence-corrected chi connectivity index (χ3v) is 4.83. The molecular weight excluding hydrogens is 389 g/mol. The summed E-state index contributed by atoms with van der Waals surface area (Å²) < 4.78 is 65.0. The van der Waals surface area contributed by atoms with Crippen molar-refractivity contribution >= 4 is 21.7 Å². The molecule has 2 rings (SSSR count). The summed E-state index contributed by atoms with van der Waals surface area (Å²) in [6.45, 7) is 0.851. The number of sulfonamides is 1. The molecule has 27 heavy (non-hydrogen) atoms. The van der Waals surface area contributed by atoms with Crippen LogP contribution in [-0.2, 0) is 33.3 Å². The number of nitrogens with zero attached hydrogens (tertiary/aromatic N) is 1. The Morgan fingerprint density at radius 1 is 1.15 bits per heavy atom. The fourth-order valence-corrected chi connectivity index (χ4v) is 3.49. The van der Waals surface area contributed by atoms with Crippen LogP contribution in [0.2, 0.25) is 0 Å². The van der Waals surface area contributed by atoms with Gasteiger partial charge in [0.25, 0.3) is 5.56 Å². The SMILES string of the molecule is Cc1ccc(NS(=O)(=O)Cc2ccc(C(F)(F)F)cc2)c(=O)n1CC(=O)O. The summed E-state index contributed by atoms with van der Waals surface area (Å²) in [5, 5.41) is 8.84. The molecule has 0 saturated carbocycles. The highest BCUT2D eigenvalue weighted by Gasteiger charge is 2.30. The van der Waals surface area contributed by atoms with Gasteiger partial charge in [0.2, 0.25) is 10.0 Å². The molecule has 2 N–H and O–H groups in total. The number of aromatic nitrogens is 1. The van der Waals surface area contributed by atoms with Crippen LogP contribution in [0.25, 0.3) is 0 Å². The zero-order valence-corrected chi connectivity index (χ0v) is 14.8. The maximum absolute atomic E-state index is 12.5. The predicted molar refractivity (Wildman–Crippen MR) is 90.8 cm³/mol. The topological polar surface area (TPSA) is 105 Å². The molecule has 1 aromatic carbocycles. The van der Waals surface area contributed by atoms with E-state index in [-0.39, 0.29) is 11.3 Å². The van der Waals surface area contributed by atoms with E-state index in [4.69, 9.17) is 5.11 Å². The fourth-order valence-electron chi connectivity index (χ4n) is 2.29. The van der Waals surface area contributed by atoms with Crippen molar-refractivity contribution in [2.45, 2.75) is 25.4 Å². The Kier molecular flexibility index (Phi) is 5.64. The van der Waals surface area contributed by atoms with Crippen molar-refractivity contribution in [1.82, 2.24) is 4.57 Å². The maximum Gasteiger partial charge on any atom is 0.416 e. The number of rotatable bonds is 6. The molecule has 0 fully saturated rings.